The zero-order valence-corrected chi connectivity index (χ0v) is 12.1. The van der Waals surface area contributed by atoms with E-state index in [1.165, 1.54) is 25.1 Å². The van der Waals surface area contributed by atoms with Gasteiger partial charge in [-0.15, -0.1) is 0 Å². The summed E-state index contributed by atoms with van der Waals surface area (Å²) < 4.78 is 0. The highest BCUT2D eigenvalue weighted by molar-refractivity contribution is 6.09. The maximum absolute atomic E-state index is 12.2. The molecule has 2 aromatic carbocycles. The van der Waals surface area contributed by atoms with Gasteiger partial charge in [0.2, 0.25) is 0 Å². The summed E-state index contributed by atoms with van der Waals surface area (Å²) in [6.45, 7) is 2.99. The van der Waals surface area contributed by atoms with Crippen LogP contribution in [0.2, 0.25) is 0 Å². The van der Waals surface area contributed by atoms with Crippen LogP contribution in [0.1, 0.15) is 33.2 Å². The van der Waals surface area contributed by atoms with Crippen molar-refractivity contribution in [3.8, 4) is 0 Å². The number of ketones is 1. The van der Waals surface area contributed by atoms with E-state index in [4.69, 9.17) is 0 Å². The van der Waals surface area contributed by atoms with Gasteiger partial charge in [0.05, 0.1) is 10.6 Å². The third-order valence-electron chi connectivity index (χ3n) is 3.21. The molecule has 0 aliphatic rings. The number of anilines is 1. The van der Waals surface area contributed by atoms with Crippen LogP contribution in [-0.2, 0) is 0 Å². The van der Waals surface area contributed by atoms with E-state index in [-0.39, 0.29) is 11.5 Å². The predicted octanol–water partition coefficient (Wildman–Crippen LogP) is 3.36. The molecule has 6 nitrogen and oxygen atoms in total. The molecule has 0 aliphatic carbocycles. The first-order valence-electron chi connectivity index (χ1n) is 6.56. The molecule has 0 saturated carbocycles. The molecule has 0 aromatic heterocycles. The average Bonchev–Trinajstić information content (AvgIpc) is 2.47. The van der Waals surface area contributed by atoms with E-state index < -0.39 is 10.8 Å². The molecule has 112 valence electrons. The number of benzene rings is 2. The van der Waals surface area contributed by atoms with Crippen LogP contribution in [0.4, 0.5) is 11.4 Å². The Kier molecular flexibility index (Phi) is 4.31. The molecule has 22 heavy (non-hydrogen) atoms. The van der Waals surface area contributed by atoms with Gasteiger partial charge in [0.1, 0.15) is 0 Å². The van der Waals surface area contributed by atoms with Gasteiger partial charge in [-0.3, -0.25) is 19.7 Å². The number of Topliss-reactive ketones (excluding diaryl/α,β-unsaturated/α-hetero) is 1. The van der Waals surface area contributed by atoms with Crippen LogP contribution in [0.3, 0.4) is 0 Å². The number of amides is 1. The number of rotatable bonds is 4. The van der Waals surface area contributed by atoms with Crippen LogP contribution >= 0.6 is 0 Å². The summed E-state index contributed by atoms with van der Waals surface area (Å²) in [5.74, 6) is -0.581. The van der Waals surface area contributed by atoms with Gasteiger partial charge < -0.3 is 5.32 Å². The summed E-state index contributed by atoms with van der Waals surface area (Å²) in [5.41, 5.74) is 1.48. The SMILES string of the molecule is CC(=O)c1ccccc1NC(=O)c1ccc([N+](=O)[O-])c(C)c1. The molecule has 0 bridgehead atoms. The smallest absolute Gasteiger partial charge is 0.272 e. The van der Waals surface area contributed by atoms with Gasteiger partial charge in [-0.25, -0.2) is 0 Å². The van der Waals surface area contributed by atoms with Crippen molar-refractivity contribution in [1.82, 2.24) is 0 Å². The number of hydrogen-bond acceptors (Lipinski definition) is 4. The van der Waals surface area contributed by atoms with Crippen molar-refractivity contribution in [2.75, 3.05) is 5.32 Å². The summed E-state index contributed by atoms with van der Waals surface area (Å²) in [6.07, 6.45) is 0. The quantitative estimate of drug-likeness (QED) is 0.532. The van der Waals surface area contributed by atoms with Crippen molar-refractivity contribution in [3.05, 3.63) is 69.3 Å². The number of nitrogens with one attached hydrogen (secondary N) is 1. The first kappa shape index (κ1) is 15.4. The Morgan fingerprint density at radius 1 is 1.14 bits per heavy atom. The molecule has 0 saturated heterocycles. The number of para-hydroxylation sites is 1. The molecule has 1 N–H and O–H groups in total. The second kappa shape index (κ2) is 6.17. The summed E-state index contributed by atoms with van der Waals surface area (Å²) in [6, 6.07) is 10.8. The second-order valence-electron chi connectivity index (χ2n) is 4.81. The van der Waals surface area contributed by atoms with Crippen molar-refractivity contribution < 1.29 is 14.5 Å². The van der Waals surface area contributed by atoms with Crippen LogP contribution in [0.25, 0.3) is 0 Å². The van der Waals surface area contributed by atoms with Crippen molar-refractivity contribution in [2.24, 2.45) is 0 Å². The van der Waals surface area contributed by atoms with Crippen LogP contribution in [-0.4, -0.2) is 16.6 Å². The van der Waals surface area contributed by atoms with E-state index in [9.17, 15) is 19.7 Å². The van der Waals surface area contributed by atoms with Crippen LogP contribution in [0.5, 0.6) is 0 Å². The first-order valence-corrected chi connectivity index (χ1v) is 6.56. The maximum Gasteiger partial charge on any atom is 0.272 e. The fourth-order valence-corrected chi connectivity index (χ4v) is 2.10. The van der Waals surface area contributed by atoms with Gasteiger partial charge in [-0.2, -0.15) is 0 Å². The molecule has 0 fully saturated rings. The summed E-state index contributed by atoms with van der Waals surface area (Å²) in [5, 5.41) is 13.4. The number of hydrogen-bond donors (Lipinski definition) is 1. The molecule has 0 atom stereocenters. The molecule has 0 radical (unpaired) electrons. The fourth-order valence-electron chi connectivity index (χ4n) is 2.10. The van der Waals surface area contributed by atoms with E-state index in [0.29, 0.717) is 22.4 Å². The van der Waals surface area contributed by atoms with Gasteiger partial charge >= 0.3 is 0 Å². The highest BCUT2D eigenvalue weighted by Gasteiger charge is 2.15. The van der Waals surface area contributed by atoms with Gasteiger partial charge in [0, 0.05) is 22.8 Å². The normalized spacial score (nSPS) is 10.1. The molecular weight excluding hydrogens is 284 g/mol. The number of carbonyl (C=O) groups excluding carboxylic acids is 2. The van der Waals surface area contributed by atoms with Crippen LogP contribution in [0.15, 0.2) is 42.5 Å². The third-order valence-corrected chi connectivity index (χ3v) is 3.21. The van der Waals surface area contributed by atoms with Gasteiger partial charge in [-0.1, -0.05) is 12.1 Å². The lowest BCUT2D eigenvalue weighted by molar-refractivity contribution is -0.385. The van der Waals surface area contributed by atoms with E-state index in [2.05, 4.69) is 5.32 Å². The largest absolute Gasteiger partial charge is 0.321 e. The van der Waals surface area contributed by atoms with Crippen molar-refractivity contribution in [2.45, 2.75) is 13.8 Å². The summed E-state index contributed by atoms with van der Waals surface area (Å²) in [7, 11) is 0. The zero-order valence-electron chi connectivity index (χ0n) is 12.1. The van der Waals surface area contributed by atoms with Crippen LogP contribution in [0, 0.1) is 17.0 Å². The Bertz CT molecular complexity index is 768. The lowest BCUT2D eigenvalue weighted by Crippen LogP contribution is -2.14. The zero-order chi connectivity index (χ0) is 16.3. The van der Waals surface area contributed by atoms with E-state index in [1.807, 2.05) is 0 Å². The molecule has 0 unspecified atom stereocenters. The highest BCUT2D eigenvalue weighted by atomic mass is 16.6. The Labute approximate surface area is 126 Å². The predicted molar refractivity (Wildman–Crippen MR) is 82.2 cm³/mol. The standard InChI is InChI=1S/C16H14N2O4/c1-10-9-12(7-8-15(10)18(21)22)16(20)17-14-6-4-3-5-13(14)11(2)19/h3-9H,1-2H3,(H,17,20). The monoisotopic (exact) mass is 298 g/mol. The third kappa shape index (κ3) is 3.17. The minimum absolute atomic E-state index is 0.0410. The molecule has 6 heteroatoms. The Hall–Kier alpha value is -3.02. The second-order valence-corrected chi connectivity index (χ2v) is 4.81. The van der Waals surface area contributed by atoms with Gasteiger partial charge in [0.15, 0.2) is 5.78 Å². The molecule has 0 spiro atoms. The average molecular weight is 298 g/mol. The Balaban J connectivity index is 2.29. The highest BCUT2D eigenvalue weighted by Crippen LogP contribution is 2.21. The number of nitrogens with zero attached hydrogens (tertiary/aromatic N) is 1. The van der Waals surface area contributed by atoms with Crippen molar-refractivity contribution >= 4 is 23.1 Å². The summed E-state index contributed by atoms with van der Waals surface area (Å²) in [4.78, 5) is 34.0. The maximum atomic E-state index is 12.2. The van der Waals surface area contributed by atoms with E-state index in [0.717, 1.165) is 0 Å². The number of nitro groups is 1. The minimum atomic E-state index is -0.498. The van der Waals surface area contributed by atoms with E-state index in [1.54, 1.807) is 31.2 Å². The van der Waals surface area contributed by atoms with Gasteiger partial charge in [-0.05, 0) is 38.1 Å². The fraction of sp³-hybridized carbons (Fsp3) is 0.125. The molecule has 2 rings (SSSR count). The molecule has 2 aromatic rings. The van der Waals surface area contributed by atoms with E-state index >= 15 is 0 Å². The van der Waals surface area contributed by atoms with Crippen LogP contribution < -0.4 is 5.32 Å². The Morgan fingerprint density at radius 3 is 2.41 bits per heavy atom. The van der Waals surface area contributed by atoms with Crippen molar-refractivity contribution in [1.29, 1.82) is 0 Å². The van der Waals surface area contributed by atoms with Gasteiger partial charge in [0.25, 0.3) is 11.6 Å². The topological polar surface area (TPSA) is 89.3 Å². The van der Waals surface area contributed by atoms with Crippen molar-refractivity contribution in [3.63, 3.8) is 0 Å². The number of nitro benzene ring substituents is 1. The first-order chi connectivity index (χ1) is 10.4. The number of aryl methyl sites for hydroxylation is 1. The molecule has 0 aliphatic heterocycles. The summed E-state index contributed by atoms with van der Waals surface area (Å²) >= 11 is 0. The lowest BCUT2D eigenvalue weighted by Gasteiger charge is -2.09. The molecule has 1 amide bonds. The minimum Gasteiger partial charge on any atom is -0.321 e. The lowest BCUT2D eigenvalue weighted by atomic mass is 10.1. The number of carbonyl (C=O) groups is 2. The molecule has 0 heterocycles. The Morgan fingerprint density at radius 2 is 1.82 bits per heavy atom. The molecular formula is C16H14N2O4.